The highest BCUT2D eigenvalue weighted by molar-refractivity contribution is 6.34. The summed E-state index contributed by atoms with van der Waals surface area (Å²) in [5.74, 6) is -1.22. The Morgan fingerprint density at radius 3 is 2.32 bits per heavy atom. The number of amides is 1. The van der Waals surface area contributed by atoms with E-state index in [1.54, 1.807) is 0 Å². The zero-order chi connectivity index (χ0) is 23.1. The number of rotatable bonds is 3. The van der Waals surface area contributed by atoms with Crippen LogP contribution in [0.15, 0.2) is 47.3 Å². The van der Waals surface area contributed by atoms with Crippen molar-refractivity contribution in [1.82, 2.24) is 9.55 Å². The van der Waals surface area contributed by atoms with Gasteiger partial charge in [-0.05, 0) is 49.4 Å². The molecule has 11 heteroatoms. The van der Waals surface area contributed by atoms with Crippen LogP contribution in [0.3, 0.4) is 0 Å². The minimum Gasteiger partial charge on any atom is -0.310 e. The molecule has 0 atom stereocenters. The van der Waals surface area contributed by atoms with E-state index in [4.69, 9.17) is 23.2 Å². The molecule has 0 unspecified atom stereocenters. The van der Waals surface area contributed by atoms with E-state index in [0.717, 1.165) is 21.6 Å². The SMILES string of the molecule is Cc1cc(C(F)(F)F)nc(=O)n1-c1cc(C(=O)N(C)c2cc(F)ccc2Cl)ccc1Cl. The number of aryl methyl sites for hydroxylation is 1. The quantitative estimate of drug-likeness (QED) is 0.486. The first-order chi connectivity index (χ1) is 14.4. The topological polar surface area (TPSA) is 55.2 Å². The Morgan fingerprint density at radius 1 is 1.06 bits per heavy atom. The minimum absolute atomic E-state index is 0.00903. The number of nitrogens with zero attached hydrogens (tertiary/aromatic N) is 3. The Labute approximate surface area is 183 Å². The molecule has 0 fully saturated rings. The van der Waals surface area contributed by atoms with E-state index >= 15 is 0 Å². The predicted molar refractivity (Wildman–Crippen MR) is 109 cm³/mol. The van der Waals surface area contributed by atoms with E-state index in [2.05, 4.69) is 4.98 Å². The highest BCUT2D eigenvalue weighted by atomic mass is 35.5. The number of anilines is 1. The Morgan fingerprint density at radius 2 is 1.71 bits per heavy atom. The summed E-state index contributed by atoms with van der Waals surface area (Å²) in [6, 6.07) is 8.11. The summed E-state index contributed by atoms with van der Waals surface area (Å²) in [7, 11) is 1.37. The highest BCUT2D eigenvalue weighted by Gasteiger charge is 2.34. The van der Waals surface area contributed by atoms with Crippen molar-refractivity contribution in [2.24, 2.45) is 0 Å². The molecule has 0 radical (unpaired) electrons. The summed E-state index contributed by atoms with van der Waals surface area (Å²) in [6.07, 6.45) is -4.79. The first-order valence-electron chi connectivity index (χ1n) is 8.61. The second-order valence-corrected chi connectivity index (χ2v) is 7.34. The van der Waals surface area contributed by atoms with Gasteiger partial charge in [-0.1, -0.05) is 23.2 Å². The van der Waals surface area contributed by atoms with E-state index in [1.165, 1.54) is 38.2 Å². The zero-order valence-corrected chi connectivity index (χ0v) is 17.5. The van der Waals surface area contributed by atoms with Crippen molar-refractivity contribution in [3.05, 3.63) is 85.8 Å². The van der Waals surface area contributed by atoms with E-state index in [1.807, 2.05) is 0 Å². The molecule has 0 saturated carbocycles. The van der Waals surface area contributed by atoms with Crippen LogP contribution in [0.4, 0.5) is 23.2 Å². The normalized spacial score (nSPS) is 11.5. The van der Waals surface area contributed by atoms with Crippen molar-refractivity contribution >= 4 is 34.8 Å². The Bertz CT molecular complexity index is 1240. The van der Waals surface area contributed by atoms with Gasteiger partial charge in [0.05, 0.1) is 21.4 Å². The number of aromatic nitrogens is 2. The lowest BCUT2D eigenvalue weighted by Gasteiger charge is -2.20. The number of hydrogen-bond acceptors (Lipinski definition) is 3. The van der Waals surface area contributed by atoms with E-state index in [0.29, 0.717) is 6.07 Å². The molecule has 0 aliphatic heterocycles. The molecular formula is C20H13Cl2F4N3O2. The van der Waals surface area contributed by atoms with Gasteiger partial charge < -0.3 is 4.90 Å². The van der Waals surface area contributed by atoms with Crippen LogP contribution in [0.25, 0.3) is 5.69 Å². The molecule has 5 nitrogen and oxygen atoms in total. The summed E-state index contributed by atoms with van der Waals surface area (Å²) < 4.78 is 53.2. The van der Waals surface area contributed by atoms with Gasteiger partial charge in [0.1, 0.15) is 5.82 Å². The third-order valence-electron chi connectivity index (χ3n) is 4.40. The molecule has 0 aliphatic carbocycles. The number of benzene rings is 2. The van der Waals surface area contributed by atoms with Crippen molar-refractivity contribution in [3.8, 4) is 5.69 Å². The number of halogens is 6. The average molecular weight is 474 g/mol. The molecule has 0 N–H and O–H groups in total. The van der Waals surface area contributed by atoms with Crippen molar-refractivity contribution < 1.29 is 22.4 Å². The van der Waals surface area contributed by atoms with Gasteiger partial charge in [0.2, 0.25) is 0 Å². The van der Waals surface area contributed by atoms with Crippen molar-refractivity contribution in [2.75, 3.05) is 11.9 Å². The number of hydrogen-bond donors (Lipinski definition) is 0. The lowest BCUT2D eigenvalue weighted by molar-refractivity contribution is -0.141. The molecule has 0 spiro atoms. The lowest BCUT2D eigenvalue weighted by atomic mass is 10.1. The van der Waals surface area contributed by atoms with Crippen LogP contribution >= 0.6 is 23.2 Å². The Balaban J connectivity index is 2.08. The maximum absolute atomic E-state index is 13.6. The van der Waals surface area contributed by atoms with Crippen LogP contribution in [0, 0.1) is 12.7 Å². The first kappa shape index (κ1) is 22.8. The van der Waals surface area contributed by atoms with Gasteiger partial charge in [-0.15, -0.1) is 0 Å². The fraction of sp³-hybridized carbons (Fsp3) is 0.150. The molecule has 0 aliphatic rings. The second-order valence-electron chi connectivity index (χ2n) is 6.52. The standard InChI is InChI=1S/C20H13Cl2F4N3O2/c1-10-7-17(20(24,25)26)27-19(31)29(10)16-8-11(3-5-14(16)22)18(30)28(2)15-9-12(23)4-6-13(15)21/h3-9H,1-2H3. The minimum atomic E-state index is -4.79. The molecule has 31 heavy (non-hydrogen) atoms. The van der Waals surface area contributed by atoms with Crippen LogP contribution in [0.2, 0.25) is 10.0 Å². The molecule has 1 heterocycles. The first-order valence-corrected chi connectivity index (χ1v) is 9.36. The predicted octanol–water partition coefficient (Wildman–Crippen LogP) is 5.28. The molecule has 3 rings (SSSR count). The number of alkyl halides is 3. The molecule has 0 bridgehead atoms. The van der Waals surface area contributed by atoms with Gasteiger partial charge in [0.15, 0.2) is 5.69 Å². The van der Waals surface area contributed by atoms with Crippen LogP contribution in [-0.2, 0) is 6.18 Å². The Kier molecular flexibility index (Phi) is 6.11. The van der Waals surface area contributed by atoms with Gasteiger partial charge in [-0.2, -0.15) is 18.2 Å². The van der Waals surface area contributed by atoms with Gasteiger partial charge in [-0.3, -0.25) is 9.36 Å². The second kappa shape index (κ2) is 8.32. The molecule has 0 saturated heterocycles. The monoisotopic (exact) mass is 473 g/mol. The van der Waals surface area contributed by atoms with E-state index in [9.17, 15) is 27.2 Å². The summed E-state index contributed by atoms with van der Waals surface area (Å²) in [5.41, 5.74) is -2.52. The zero-order valence-electron chi connectivity index (χ0n) is 16.0. The van der Waals surface area contributed by atoms with Gasteiger partial charge >= 0.3 is 11.9 Å². The summed E-state index contributed by atoms with van der Waals surface area (Å²) in [6.45, 7) is 1.28. The van der Waals surface area contributed by atoms with E-state index < -0.39 is 29.3 Å². The summed E-state index contributed by atoms with van der Waals surface area (Å²) >= 11 is 12.2. The largest absolute Gasteiger partial charge is 0.433 e. The van der Waals surface area contributed by atoms with Gasteiger partial charge in [0, 0.05) is 18.3 Å². The van der Waals surface area contributed by atoms with Crippen LogP contribution < -0.4 is 10.6 Å². The highest BCUT2D eigenvalue weighted by Crippen LogP contribution is 2.30. The molecular weight excluding hydrogens is 461 g/mol. The van der Waals surface area contributed by atoms with Crippen LogP contribution in [0.1, 0.15) is 21.7 Å². The van der Waals surface area contributed by atoms with E-state index in [-0.39, 0.29) is 32.7 Å². The molecule has 162 valence electrons. The molecule has 2 aromatic carbocycles. The van der Waals surface area contributed by atoms with Crippen molar-refractivity contribution in [2.45, 2.75) is 13.1 Å². The molecule has 1 amide bonds. The fourth-order valence-electron chi connectivity index (χ4n) is 2.90. The Hall–Kier alpha value is -2.91. The van der Waals surface area contributed by atoms with Crippen molar-refractivity contribution in [1.29, 1.82) is 0 Å². The maximum atomic E-state index is 13.6. The average Bonchev–Trinajstić information content (AvgIpc) is 2.68. The van der Waals surface area contributed by atoms with Gasteiger partial charge in [0.25, 0.3) is 5.91 Å². The third-order valence-corrected chi connectivity index (χ3v) is 5.04. The maximum Gasteiger partial charge on any atom is 0.433 e. The summed E-state index contributed by atoms with van der Waals surface area (Å²) in [4.78, 5) is 29.4. The molecule has 3 aromatic rings. The molecule has 1 aromatic heterocycles. The fourth-order valence-corrected chi connectivity index (χ4v) is 3.35. The van der Waals surface area contributed by atoms with Crippen molar-refractivity contribution in [3.63, 3.8) is 0 Å². The lowest BCUT2D eigenvalue weighted by Crippen LogP contribution is -2.29. The third kappa shape index (κ3) is 4.57. The smallest absolute Gasteiger partial charge is 0.310 e. The number of carbonyl (C=O) groups excluding carboxylic acids is 1. The summed E-state index contributed by atoms with van der Waals surface area (Å²) in [5, 5.41) is 0.139. The number of carbonyl (C=O) groups is 1. The van der Waals surface area contributed by atoms with Crippen LogP contribution in [0.5, 0.6) is 0 Å². The van der Waals surface area contributed by atoms with Crippen LogP contribution in [-0.4, -0.2) is 22.5 Å². The van der Waals surface area contributed by atoms with Gasteiger partial charge in [-0.25, -0.2) is 9.18 Å².